The van der Waals surface area contributed by atoms with Gasteiger partial charge < -0.3 is 15.4 Å². The third-order valence-corrected chi connectivity index (χ3v) is 3.06. The van der Waals surface area contributed by atoms with Gasteiger partial charge in [-0.15, -0.1) is 0 Å². The predicted molar refractivity (Wildman–Crippen MR) is 59.4 cm³/mol. The number of nitrogens with two attached hydrogens (primary N) is 1. The summed E-state index contributed by atoms with van der Waals surface area (Å²) >= 11 is 0. The number of ether oxygens (including phenoxy) is 1. The molecule has 0 saturated carbocycles. The molecule has 1 heterocycles. The SMILES string of the molecule is CC(N)C(C)C(=O)N(C)CC1CCCO1. The van der Waals surface area contributed by atoms with Crippen LogP contribution in [0.2, 0.25) is 0 Å². The van der Waals surface area contributed by atoms with Gasteiger partial charge in [-0.2, -0.15) is 0 Å². The highest BCUT2D eigenvalue weighted by Crippen LogP contribution is 2.14. The Balaban J connectivity index is 2.38. The summed E-state index contributed by atoms with van der Waals surface area (Å²) in [5.74, 6) is -0.00287. The summed E-state index contributed by atoms with van der Waals surface area (Å²) in [5, 5.41) is 0. The second-order valence-corrected chi connectivity index (χ2v) is 4.50. The maximum atomic E-state index is 11.9. The van der Waals surface area contributed by atoms with Gasteiger partial charge in [-0.3, -0.25) is 4.79 Å². The monoisotopic (exact) mass is 214 g/mol. The van der Waals surface area contributed by atoms with Gasteiger partial charge in [0.15, 0.2) is 0 Å². The molecule has 3 atom stereocenters. The molecule has 1 aliphatic rings. The molecule has 0 radical (unpaired) electrons. The van der Waals surface area contributed by atoms with E-state index in [2.05, 4.69) is 0 Å². The van der Waals surface area contributed by atoms with Gasteiger partial charge in [0.1, 0.15) is 0 Å². The number of hydrogen-bond donors (Lipinski definition) is 1. The molecule has 0 bridgehead atoms. The van der Waals surface area contributed by atoms with Crippen LogP contribution in [0.15, 0.2) is 0 Å². The van der Waals surface area contributed by atoms with Crippen LogP contribution in [-0.4, -0.2) is 43.2 Å². The minimum Gasteiger partial charge on any atom is -0.376 e. The van der Waals surface area contributed by atoms with E-state index in [1.807, 2.05) is 20.9 Å². The molecule has 88 valence electrons. The number of carbonyl (C=O) groups excluding carboxylic acids is 1. The van der Waals surface area contributed by atoms with Crippen LogP contribution in [0.3, 0.4) is 0 Å². The minimum absolute atomic E-state index is 0.0931. The number of amides is 1. The Hall–Kier alpha value is -0.610. The molecule has 0 aromatic rings. The number of hydrogen-bond acceptors (Lipinski definition) is 3. The lowest BCUT2D eigenvalue weighted by Crippen LogP contribution is -2.42. The predicted octanol–water partition coefficient (Wildman–Crippen LogP) is 0.607. The number of carbonyl (C=O) groups is 1. The van der Waals surface area contributed by atoms with Crippen molar-refractivity contribution in [2.24, 2.45) is 11.7 Å². The first-order chi connectivity index (χ1) is 7.02. The molecule has 2 N–H and O–H groups in total. The number of likely N-dealkylation sites (N-methyl/N-ethyl adjacent to an activating group) is 1. The number of rotatable bonds is 4. The van der Waals surface area contributed by atoms with E-state index in [0.717, 1.165) is 19.4 Å². The van der Waals surface area contributed by atoms with Crippen molar-refractivity contribution in [3.63, 3.8) is 0 Å². The molecule has 4 heteroatoms. The normalized spacial score (nSPS) is 24.9. The minimum atomic E-state index is -0.114. The third-order valence-electron chi connectivity index (χ3n) is 3.06. The van der Waals surface area contributed by atoms with E-state index in [1.165, 1.54) is 0 Å². The molecule has 1 aliphatic heterocycles. The molecule has 0 spiro atoms. The molecule has 1 rings (SSSR count). The van der Waals surface area contributed by atoms with Gasteiger partial charge in [0.05, 0.1) is 12.0 Å². The van der Waals surface area contributed by atoms with Crippen molar-refractivity contribution in [1.29, 1.82) is 0 Å². The maximum Gasteiger partial charge on any atom is 0.226 e. The molecule has 0 aromatic carbocycles. The summed E-state index contributed by atoms with van der Waals surface area (Å²) in [6, 6.07) is -0.0931. The van der Waals surface area contributed by atoms with Crippen molar-refractivity contribution in [3.8, 4) is 0 Å². The van der Waals surface area contributed by atoms with E-state index >= 15 is 0 Å². The molecule has 0 aromatic heterocycles. The van der Waals surface area contributed by atoms with E-state index in [4.69, 9.17) is 10.5 Å². The molecular formula is C11H22N2O2. The van der Waals surface area contributed by atoms with Crippen LogP contribution in [0, 0.1) is 5.92 Å². The number of nitrogens with zero attached hydrogens (tertiary/aromatic N) is 1. The average Bonchev–Trinajstić information content (AvgIpc) is 2.67. The Kier molecular flexibility index (Phi) is 4.54. The maximum absolute atomic E-state index is 11.9. The van der Waals surface area contributed by atoms with Crippen LogP contribution in [0.1, 0.15) is 26.7 Å². The summed E-state index contributed by atoms with van der Waals surface area (Å²) in [6.45, 7) is 5.26. The van der Waals surface area contributed by atoms with Gasteiger partial charge in [-0.25, -0.2) is 0 Å². The quantitative estimate of drug-likeness (QED) is 0.746. The van der Waals surface area contributed by atoms with E-state index < -0.39 is 0 Å². The van der Waals surface area contributed by atoms with E-state index in [0.29, 0.717) is 6.54 Å². The highest BCUT2D eigenvalue weighted by molar-refractivity contribution is 5.78. The molecule has 0 aliphatic carbocycles. The van der Waals surface area contributed by atoms with Crippen molar-refractivity contribution < 1.29 is 9.53 Å². The Morgan fingerprint density at radius 2 is 2.27 bits per heavy atom. The van der Waals surface area contributed by atoms with Crippen LogP contribution in [-0.2, 0) is 9.53 Å². The zero-order chi connectivity index (χ0) is 11.4. The van der Waals surface area contributed by atoms with Crippen molar-refractivity contribution in [3.05, 3.63) is 0 Å². The van der Waals surface area contributed by atoms with Crippen molar-refractivity contribution in [2.75, 3.05) is 20.2 Å². The second kappa shape index (κ2) is 5.47. The smallest absolute Gasteiger partial charge is 0.226 e. The van der Waals surface area contributed by atoms with Gasteiger partial charge in [0.25, 0.3) is 0 Å². The molecular weight excluding hydrogens is 192 g/mol. The van der Waals surface area contributed by atoms with Gasteiger partial charge in [0.2, 0.25) is 5.91 Å². The standard InChI is InChI=1S/C11H22N2O2/c1-8(9(2)12)11(14)13(3)7-10-5-4-6-15-10/h8-10H,4-7,12H2,1-3H3. The zero-order valence-electron chi connectivity index (χ0n) is 9.90. The van der Waals surface area contributed by atoms with E-state index in [1.54, 1.807) is 4.90 Å². The average molecular weight is 214 g/mol. The van der Waals surface area contributed by atoms with Crippen molar-refractivity contribution in [2.45, 2.75) is 38.8 Å². The van der Waals surface area contributed by atoms with Gasteiger partial charge in [-0.1, -0.05) is 6.92 Å². The van der Waals surface area contributed by atoms with Gasteiger partial charge in [0, 0.05) is 26.2 Å². The lowest BCUT2D eigenvalue weighted by Gasteiger charge is -2.25. The Bertz CT molecular complexity index is 213. The van der Waals surface area contributed by atoms with E-state index in [9.17, 15) is 4.79 Å². The highest BCUT2D eigenvalue weighted by Gasteiger charge is 2.24. The highest BCUT2D eigenvalue weighted by atomic mass is 16.5. The zero-order valence-corrected chi connectivity index (χ0v) is 9.90. The summed E-state index contributed by atoms with van der Waals surface area (Å²) in [4.78, 5) is 13.6. The largest absolute Gasteiger partial charge is 0.376 e. The summed E-state index contributed by atoms with van der Waals surface area (Å²) in [6.07, 6.45) is 2.39. The first-order valence-electron chi connectivity index (χ1n) is 5.64. The second-order valence-electron chi connectivity index (χ2n) is 4.50. The Morgan fingerprint density at radius 3 is 2.73 bits per heavy atom. The Morgan fingerprint density at radius 1 is 1.60 bits per heavy atom. The summed E-state index contributed by atoms with van der Waals surface area (Å²) in [7, 11) is 1.82. The molecule has 1 amide bonds. The third kappa shape index (κ3) is 3.47. The first-order valence-corrected chi connectivity index (χ1v) is 5.64. The molecule has 1 saturated heterocycles. The molecule has 1 fully saturated rings. The lowest BCUT2D eigenvalue weighted by atomic mass is 10.0. The lowest BCUT2D eigenvalue weighted by molar-refractivity contribution is -0.135. The first kappa shape index (κ1) is 12.5. The molecule has 15 heavy (non-hydrogen) atoms. The summed E-state index contributed by atoms with van der Waals surface area (Å²) < 4.78 is 5.49. The topological polar surface area (TPSA) is 55.6 Å². The molecule has 4 nitrogen and oxygen atoms in total. The Labute approximate surface area is 91.8 Å². The van der Waals surface area contributed by atoms with Crippen LogP contribution < -0.4 is 5.73 Å². The van der Waals surface area contributed by atoms with Crippen LogP contribution in [0.25, 0.3) is 0 Å². The summed E-state index contributed by atoms with van der Waals surface area (Å²) in [5.41, 5.74) is 5.70. The van der Waals surface area contributed by atoms with Crippen LogP contribution >= 0.6 is 0 Å². The fourth-order valence-electron chi connectivity index (χ4n) is 1.76. The fourth-order valence-corrected chi connectivity index (χ4v) is 1.76. The van der Waals surface area contributed by atoms with Crippen LogP contribution in [0.5, 0.6) is 0 Å². The van der Waals surface area contributed by atoms with Gasteiger partial charge in [-0.05, 0) is 19.8 Å². The molecule has 3 unspecified atom stereocenters. The van der Waals surface area contributed by atoms with Crippen molar-refractivity contribution in [1.82, 2.24) is 4.90 Å². The van der Waals surface area contributed by atoms with Crippen molar-refractivity contribution >= 4 is 5.91 Å². The van der Waals surface area contributed by atoms with E-state index in [-0.39, 0.29) is 24.0 Å². The fraction of sp³-hybridized carbons (Fsp3) is 0.909. The van der Waals surface area contributed by atoms with Crippen LogP contribution in [0.4, 0.5) is 0 Å². The van der Waals surface area contributed by atoms with Gasteiger partial charge >= 0.3 is 0 Å².